The van der Waals surface area contributed by atoms with E-state index in [2.05, 4.69) is 121 Å². The van der Waals surface area contributed by atoms with Gasteiger partial charge in [-0.25, -0.2) is 0 Å². The fourth-order valence-corrected chi connectivity index (χ4v) is 8.68. The molecule has 0 N–H and O–H groups in total. The monoisotopic (exact) mass is 502 g/mol. The fraction of sp³-hybridized carbons (Fsp3) is 0.0500. The molecule has 0 aliphatic heterocycles. The van der Waals surface area contributed by atoms with Crippen molar-refractivity contribution in [1.82, 2.24) is 0 Å². The quantitative estimate of drug-likeness (QED) is 0.144. The van der Waals surface area contributed by atoms with E-state index in [4.69, 9.17) is 0 Å². The van der Waals surface area contributed by atoms with Gasteiger partial charge in [0.25, 0.3) is 0 Å². The molecule has 0 radical (unpaired) electrons. The second-order valence-electron chi connectivity index (χ2n) is 12.1. The summed E-state index contributed by atoms with van der Waals surface area (Å²) in [5.41, 5.74) is 5.66. The Labute approximate surface area is 230 Å². The lowest BCUT2D eigenvalue weighted by Gasteiger charge is -2.42. The van der Waals surface area contributed by atoms with Crippen LogP contribution in [-0.2, 0) is 11.8 Å². The normalized spacial score (nSPS) is 18.6. The van der Waals surface area contributed by atoms with Crippen LogP contribution in [0, 0.1) is 0 Å². The van der Waals surface area contributed by atoms with Crippen LogP contribution in [0.3, 0.4) is 0 Å². The highest BCUT2D eigenvalue weighted by Crippen LogP contribution is 2.50. The number of hydrogen-bond acceptors (Lipinski definition) is 0. The van der Waals surface area contributed by atoms with Crippen molar-refractivity contribution in [1.29, 1.82) is 0 Å². The Bertz CT molecular complexity index is 2660. The first-order valence-electron chi connectivity index (χ1n) is 14.3. The Kier molecular flexibility index (Phi) is 3.22. The summed E-state index contributed by atoms with van der Waals surface area (Å²) in [6, 6.07) is 39.4. The average molecular weight is 503 g/mol. The second-order valence-corrected chi connectivity index (χ2v) is 12.1. The summed E-state index contributed by atoms with van der Waals surface area (Å²) in [5.74, 6) is 0. The predicted molar refractivity (Wildman–Crippen MR) is 171 cm³/mol. The minimum atomic E-state index is -0.0746. The van der Waals surface area contributed by atoms with Crippen molar-refractivity contribution >= 4 is 82.9 Å². The van der Waals surface area contributed by atoms with Crippen LogP contribution < -0.4 is 10.4 Å². The smallest absolute Gasteiger partial charge is 0.0438 e. The Morgan fingerprint density at radius 2 is 1.18 bits per heavy atom. The van der Waals surface area contributed by atoms with Crippen molar-refractivity contribution < 1.29 is 0 Å². The molecular formula is C40H22. The first-order chi connectivity index (χ1) is 19.8. The molecule has 5 bridgehead atoms. The van der Waals surface area contributed by atoms with E-state index in [1.807, 2.05) is 0 Å². The first-order valence-corrected chi connectivity index (χ1v) is 14.3. The summed E-state index contributed by atoms with van der Waals surface area (Å²) < 4.78 is 0. The van der Waals surface area contributed by atoms with Gasteiger partial charge in [0.2, 0.25) is 0 Å². The lowest BCUT2D eigenvalue weighted by Crippen LogP contribution is -2.40. The Morgan fingerprint density at radius 3 is 2.05 bits per heavy atom. The topological polar surface area (TPSA) is 0 Å². The maximum absolute atomic E-state index is 2.55. The number of benzene rings is 8. The molecule has 3 aliphatic rings. The Hall–Kier alpha value is -4.94. The second kappa shape index (κ2) is 6.43. The summed E-state index contributed by atoms with van der Waals surface area (Å²) in [6.07, 6.45) is 8.50. The van der Waals surface area contributed by atoms with Crippen molar-refractivity contribution in [2.45, 2.75) is 11.8 Å². The van der Waals surface area contributed by atoms with Gasteiger partial charge in [0.05, 0.1) is 0 Å². The van der Waals surface area contributed by atoms with Gasteiger partial charge in [0, 0.05) is 5.41 Å². The van der Waals surface area contributed by atoms with E-state index in [0.717, 1.165) is 6.42 Å². The molecule has 40 heavy (non-hydrogen) atoms. The van der Waals surface area contributed by atoms with Crippen LogP contribution >= 0.6 is 0 Å². The number of fused-ring (bicyclic) bond motifs is 5. The van der Waals surface area contributed by atoms with Crippen LogP contribution in [0.1, 0.15) is 16.7 Å². The largest absolute Gasteiger partial charge is 0.0613 e. The highest BCUT2D eigenvalue weighted by molar-refractivity contribution is 6.36. The van der Waals surface area contributed by atoms with Crippen molar-refractivity contribution in [3.63, 3.8) is 0 Å². The molecule has 0 fully saturated rings. The summed E-state index contributed by atoms with van der Waals surface area (Å²) in [4.78, 5) is 0. The molecule has 0 heterocycles. The number of allylic oxidation sites excluding steroid dienone is 1. The van der Waals surface area contributed by atoms with Crippen molar-refractivity contribution in [2.75, 3.05) is 0 Å². The minimum absolute atomic E-state index is 0.0746. The molecule has 0 heteroatoms. The number of hydrogen-bond donors (Lipinski definition) is 0. The third-order valence-corrected chi connectivity index (χ3v) is 10.3. The van der Waals surface area contributed by atoms with Crippen molar-refractivity contribution in [3.05, 3.63) is 136 Å². The predicted octanol–water partition coefficient (Wildman–Crippen LogP) is 8.51. The van der Waals surface area contributed by atoms with E-state index in [1.54, 1.807) is 0 Å². The molecule has 0 saturated carbocycles. The lowest BCUT2D eigenvalue weighted by atomic mass is 9.60. The Morgan fingerprint density at radius 1 is 0.475 bits per heavy atom. The molecule has 0 nitrogen and oxygen atoms in total. The third-order valence-electron chi connectivity index (χ3n) is 10.3. The van der Waals surface area contributed by atoms with Crippen LogP contribution in [0.4, 0.5) is 0 Å². The SMILES string of the molecule is C1=C2C=c3ccc4c5cccc(c35)C2(C=4)Cc2cc3c(cc21)cc1c2cccc4cccc(c5cccc3c51)c42. The molecule has 8 aromatic carbocycles. The first kappa shape index (κ1) is 20.0. The molecule has 8 aromatic rings. The van der Waals surface area contributed by atoms with Gasteiger partial charge < -0.3 is 0 Å². The summed E-state index contributed by atoms with van der Waals surface area (Å²) in [6.45, 7) is 0. The molecule has 3 aliphatic carbocycles. The van der Waals surface area contributed by atoms with Gasteiger partial charge in [-0.3, -0.25) is 0 Å². The van der Waals surface area contributed by atoms with Gasteiger partial charge in [-0.15, -0.1) is 0 Å². The molecule has 0 saturated heterocycles. The van der Waals surface area contributed by atoms with E-state index in [1.165, 1.54) is 97.3 Å². The fourth-order valence-electron chi connectivity index (χ4n) is 8.68. The molecule has 0 aromatic heterocycles. The van der Waals surface area contributed by atoms with Crippen LogP contribution in [-0.4, -0.2) is 0 Å². The molecule has 0 amide bonds. The summed E-state index contributed by atoms with van der Waals surface area (Å²) in [5, 5.41) is 19.2. The molecule has 1 spiro atoms. The van der Waals surface area contributed by atoms with Gasteiger partial charge in [-0.2, -0.15) is 0 Å². The summed E-state index contributed by atoms with van der Waals surface area (Å²) in [7, 11) is 0. The third kappa shape index (κ3) is 2.14. The van der Waals surface area contributed by atoms with Crippen LogP contribution in [0.15, 0.2) is 109 Å². The van der Waals surface area contributed by atoms with Crippen LogP contribution in [0.5, 0.6) is 0 Å². The molecular weight excluding hydrogens is 480 g/mol. The zero-order valence-corrected chi connectivity index (χ0v) is 21.8. The van der Waals surface area contributed by atoms with Gasteiger partial charge in [-0.05, 0) is 128 Å². The minimum Gasteiger partial charge on any atom is -0.0613 e. The van der Waals surface area contributed by atoms with Gasteiger partial charge in [0.1, 0.15) is 0 Å². The Balaban J connectivity index is 1.28. The van der Waals surface area contributed by atoms with Gasteiger partial charge >= 0.3 is 0 Å². The van der Waals surface area contributed by atoms with Gasteiger partial charge in [0.15, 0.2) is 0 Å². The summed E-state index contributed by atoms with van der Waals surface area (Å²) >= 11 is 0. The molecule has 182 valence electrons. The van der Waals surface area contributed by atoms with Crippen LogP contribution in [0.25, 0.3) is 82.9 Å². The maximum Gasteiger partial charge on any atom is 0.0438 e. The zero-order chi connectivity index (χ0) is 25.7. The van der Waals surface area contributed by atoms with E-state index in [-0.39, 0.29) is 5.41 Å². The highest BCUT2D eigenvalue weighted by Gasteiger charge is 2.41. The number of rotatable bonds is 0. The highest BCUT2D eigenvalue weighted by atomic mass is 14.4. The zero-order valence-electron chi connectivity index (χ0n) is 21.8. The lowest BCUT2D eigenvalue weighted by molar-refractivity contribution is 0.674. The van der Waals surface area contributed by atoms with E-state index in [0.29, 0.717) is 0 Å². The maximum atomic E-state index is 2.55. The van der Waals surface area contributed by atoms with E-state index >= 15 is 0 Å². The van der Waals surface area contributed by atoms with Crippen molar-refractivity contribution in [3.8, 4) is 0 Å². The van der Waals surface area contributed by atoms with Crippen LogP contribution in [0.2, 0.25) is 0 Å². The molecule has 11 rings (SSSR count). The van der Waals surface area contributed by atoms with E-state index < -0.39 is 0 Å². The van der Waals surface area contributed by atoms with Crippen molar-refractivity contribution in [2.24, 2.45) is 0 Å². The molecule has 1 unspecified atom stereocenters. The molecule has 1 atom stereocenters. The standard InChI is InChI=1S/C40H22/c1-5-22-6-2-9-33-35-18-26-15-25-17-28-16-23-13-14-24-20-40(28,36-12-4-7-29(24)38(23)36)21-27(25)19-34(26)32-11-3-10-31(39(32)35)30(8-1)37(22)33/h1-20H,21H2. The average Bonchev–Trinajstić information content (AvgIpc) is 2.98. The van der Waals surface area contributed by atoms with E-state index in [9.17, 15) is 0 Å². The van der Waals surface area contributed by atoms with Gasteiger partial charge in [-0.1, -0.05) is 97.1 Å².